The molecule has 2 unspecified atom stereocenters. The minimum Gasteiger partial charge on any atom is -0.319 e. The Morgan fingerprint density at radius 3 is 2.68 bits per heavy atom. The van der Waals surface area contributed by atoms with E-state index < -0.39 is 0 Å². The maximum Gasteiger partial charge on any atom is 0.0223 e. The van der Waals surface area contributed by atoms with E-state index in [0.717, 1.165) is 12.6 Å². The average molecular weight is 269 g/mol. The fourth-order valence-corrected chi connectivity index (χ4v) is 3.85. The highest BCUT2D eigenvalue weighted by atomic mass is 15.2. The van der Waals surface area contributed by atoms with Gasteiger partial charge < -0.3 is 10.2 Å². The summed E-state index contributed by atoms with van der Waals surface area (Å²) in [4.78, 5) is 5.21. The van der Waals surface area contributed by atoms with Crippen molar-refractivity contribution < 1.29 is 0 Å². The number of likely N-dealkylation sites (tertiary alicyclic amines) is 1. The van der Waals surface area contributed by atoms with Gasteiger partial charge in [0.25, 0.3) is 0 Å². The lowest BCUT2D eigenvalue weighted by Gasteiger charge is -2.36. The molecule has 1 aliphatic rings. The zero-order valence-electron chi connectivity index (χ0n) is 13.8. The summed E-state index contributed by atoms with van der Waals surface area (Å²) in [5, 5.41) is 3.37. The number of rotatable bonds is 9. The van der Waals surface area contributed by atoms with Crippen molar-refractivity contribution in [1.29, 1.82) is 0 Å². The van der Waals surface area contributed by atoms with E-state index in [9.17, 15) is 0 Å². The predicted molar refractivity (Wildman–Crippen MR) is 84.7 cm³/mol. The highest BCUT2D eigenvalue weighted by molar-refractivity contribution is 4.84. The van der Waals surface area contributed by atoms with Crippen molar-refractivity contribution in [3.8, 4) is 0 Å². The molecular formula is C16H35N3. The molecule has 1 aliphatic heterocycles. The van der Waals surface area contributed by atoms with Crippen molar-refractivity contribution in [3.63, 3.8) is 0 Å². The van der Waals surface area contributed by atoms with Crippen LogP contribution in [0.15, 0.2) is 0 Å². The van der Waals surface area contributed by atoms with Gasteiger partial charge in [0, 0.05) is 25.7 Å². The molecule has 3 nitrogen and oxygen atoms in total. The Bertz CT molecular complexity index is 236. The SMILES string of the molecule is CCCC(C)(CNC)CN(C)CC1CCCN1CC. The zero-order chi connectivity index (χ0) is 14.3. The molecule has 1 rings (SSSR count). The normalized spacial score (nSPS) is 24.0. The van der Waals surface area contributed by atoms with Crippen LogP contribution in [0, 0.1) is 5.41 Å². The summed E-state index contributed by atoms with van der Waals surface area (Å²) in [5.74, 6) is 0. The van der Waals surface area contributed by atoms with Crippen LogP contribution in [0.3, 0.4) is 0 Å². The third-order valence-corrected chi connectivity index (χ3v) is 4.54. The molecule has 0 bridgehead atoms. The fraction of sp³-hybridized carbons (Fsp3) is 1.00. The lowest BCUT2D eigenvalue weighted by atomic mass is 9.85. The van der Waals surface area contributed by atoms with E-state index in [-0.39, 0.29) is 0 Å². The quantitative estimate of drug-likeness (QED) is 0.693. The summed E-state index contributed by atoms with van der Waals surface area (Å²) in [6.45, 7) is 13.1. The van der Waals surface area contributed by atoms with Crippen LogP contribution in [0.1, 0.15) is 46.5 Å². The van der Waals surface area contributed by atoms with Gasteiger partial charge in [-0.05, 0) is 51.9 Å². The summed E-state index contributed by atoms with van der Waals surface area (Å²) in [7, 11) is 4.37. The largest absolute Gasteiger partial charge is 0.319 e. The van der Waals surface area contributed by atoms with Crippen LogP contribution in [-0.4, -0.2) is 62.7 Å². The van der Waals surface area contributed by atoms with Crippen LogP contribution in [0.2, 0.25) is 0 Å². The van der Waals surface area contributed by atoms with Crippen LogP contribution >= 0.6 is 0 Å². The molecule has 19 heavy (non-hydrogen) atoms. The highest BCUT2D eigenvalue weighted by Crippen LogP contribution is 2.25. The summed E-state index contributed by atoms with van der Waals surface area (Å²) in [6.07, 6.45) is 5.35. The van der Waals surface area contributed by atoms with Crippen LogP contribution in [0.4, 0.5) is 0 Å². The first-order valence-corrected chi connectivity index (χ1v) is 8.12. The first-order valence-electron chi connectivity index (χ1n) is 8.12. The van der Waals surface area contributed by atoms with Gasteiger partial charge >= 0.3 is 0 Å². The summed E-state index contributed by atoms with van der Waals surface area (Å²) < 4.78 is 0. The minimum atomic E-state index is 0.411. The summed E-state index contributed by atoms with van der Waals surface area (Å²) in [6, 6.07) is 0.787. The van der Waals surface area contributed by atoms with Crippen molar-refractivity contribution in [2.45, 2.75) is 52.5 Å². The van der Waals surface area contributed by atoms with Gasteiger partial charge in [-0.15, -0.1) is 0 Å². The van der Waals surface area contributed by atoms with E-state index in [1.807, 2.05) is 0 Å². The summed E-state index contributed by atoms with van der Waals surface area (Å²) >= 11 is 0. The molecule has 0 radical (unpaired) electrons. The average Bonchev–Trinajstić information content (AvgIpc) is 2.76. The van der Waals surface area contributed by atoms with Gasteiger partial charge in [-0.25, -0.2) is 0 Å². The molecule has 1 N–H and O–H groups in total. The first-order chi connectivity index (χ1) is 9.04. The number of nitrogens with zero attached hydrogens (tertiary/aromatic N) is 2. The van der Waals surface area contributed by atoms with Gasteiger partial charge in [-0.1, -0.05) is 27.2 Å². The van der Waals surface area contributed by atoms with Crippen molar-refractivity contribution in [2.24, 2.45) is 5.41 Å². The smallest absolute Gasteiger partial charge is 0.0223 e. The van der Waals surface area contributed by atoms with Crippen molar-refractivity contribution in [1.82, 2.24) is 15.1 Å². The Balaban J connectivity index is 2.45. The van der Waals surface area contributed by atoms with Crippen LogP contribution < -0.4 is 5.32 Å². The van der Waals surface area contributed by atoms with Gasteiger partial charge in [0.1, 0.15) is 0 Å². The van der Waals surface area contributed by atoms with E-state index in [1.165, 1.54) is 51.9 Å². The molecule has 2 atom stereocenters. The molecule has 0 aliphatic carbocycles. The molecule has 1 fully saturated rings. The van der Waals surface area contributed by atoms with Crippen molar-refractivity contribution >= 4 is 0 Å². The highest BCUT2D eigenvalue weighted by Gasteiger charge is 2.28. The second kappa shape index (κ2) is 8.23. The standard InChI is InChI=1S/C16H35N3/c1-6-10-16(3,13-17-4)14-18(5)12-15-9-8-11-19(15)7-2/h15,17H,6-14H2,1-5H3. The summed E-state index contributed by atoms with van der Waals surface area (Å²) in [5.41, 5.74) is 0.411. The van der Waals surface area contributed by atoms with Crippen molar-refractivity contribution in [2.75, 3.05) is 46.8 Å². The number of likely N-dealkylation sites (N-methyl/N-ethyl adjacent to an activating group) is 2. The minimum absolute atomic E-state index is 0.411. The third kappa shape index (κ3) is 5.41. The van der Waals surface area contributed by atoms with E-state index in [1.54, 1.807) is 0 Å². The molecule has 0 aromatic carbocycles. The van der Waals surface area contributed by atoms with E-state index in [0.29, 0.717) is 5.41 Å². The molecule has 0 amide bonds. The lowest BCUT2D eigenvalue weighted by molar-refractivity contribution is 0.139. The third-order valence-electron chi connectivity index (χ3n) is 4.54. The molecule has 0 aromatic rings. The lowest BCUT2D eigenvalue weighted by Crippen LogP contribution is -2.45. The first kappa shape index (κ1) is 16.9. The van der Waals surface area contributed by atoms with Crippen LogP contribution in [0.25, 0.3) is 0 Å². The molecule has 1 saturated heterocycles. The molecule has 0 aromatic heterocycles. The van der Waals surface area contributed by atoms with E-state index >= 15 is 0 Å². The Morgan fingerprint density at radius 1 is 1.37 bits per heavy atom. The second-order valence-electron chi connectivity index (χ2n) is 6.71. The topological polar surface area (TPSA) is 18.5 Å². The van der Waals surface area contributed by atoms with Gasteiger partial charge in [0.2, 0.25) is 0 Å². The molecule has 114 valence electrons. The van der Waals surface area contributed by atoms with Crippen molar-refractivity contribution in [3.05, 3.63) is 0 Å². The van der Waals surface area contributed by atoms with E-state index in [4.69, 9.17) is 0 Å². The molecule has 0 spiro atoms. The van der Waals surface area contributed by atoms with Gasteiger partial charge in [0.05, 0.1) is 0 Å². The second-order valence-corrected chi connectivity index (χ2v) is 6.71. The van der Waals surface area contributed by atoms with Gasteiger partial charge in [0.15, 0.2) is 0 Å². The molecular weight excluding hydrogens is 234 g/mol. The van der Waals surface area contributed by atoms with E-state index in [2.05, 4.69) is 50.0 Å². The van der Waals surface area contributed by atoms with Crippen LogP contribution in [0.5, 0.6) is 0 Å². The Hall–Kier alpha value is -0.120. The maximum atomic E-state index is 3.37. The Morgan fingerprint density at radius 2 is 2.11 bits per heavy atom. The number of nitrogens with one attached hydrogen (secondary N) is 1. The monoisotopic (exact) mass is 269 g/mol. The number of hydrogen-bond donors (Lipinski definition) is 1. The molecule has 0 saturated carbocycles. The maximum absolute atomic E-state index is 3.37. The van der Waals surface area contributed by atoms with Gasteiger partial charge in [-0.3, -0.25) is 4.90 Å². The Kier molecular flexibility index (Phi) is 7.33. The zero-order valence-corrected chi connectivity index (χ0v) is 13.8. The fourth-order valence-electron chi connectivity index (χ4n) is 3.85. The predicted octanol–water partition coefficient (Wildman–Crippen LogP) is 2.43. The number of hydrogen-bond acceptors (Lipinski definition) is 3. The van der Waals surface area contributed by atoms with Crippen LogP contribution in [-0.2, 0) is 0 Å². The van der Waals surface area contributed by atoms with Gasteiger partial charge in [-0.2, -0.15) is 0 Å². The molecule has 1 heterocycles. The molecule has 3 heteroatoms. The Labute approximate surface area is 120 Å².